The van der Waals surface area contributed by atoms with Crippen LogP contribution in [-0.4, -0.2) is 36.1 Å². The molecule has 0 unspecified atom stereocenters. The summed E-state index contributed by atoms with van der Waals surface area (Å²) in [7, 11) is 1.70. The Kier molecular flexibility index (Phi) is 6.44. The lowest BCUT2D eigenvalue weighted by Crippen LogP contribution is -2.21. The summed E-state index contributed by atoms with van der Waals surface area (Å²) in [6, 6.07) is 9.42. The molecule has 0 spiro atoms. The Hall–Kier alpha value is -2.32. The number of hydrogen-bond acceptors (Lipinski definition) is 4. The van der Waals surface area contributed by atoms with Gasteiger partial charge in [0.05, 0.1) is 6.61 Å². The Balaban J connectivity index is 2.92. The highest BCUT2D eigenvalue weighted by Crippen LogP contribution is 2.24. The van der Waals surface area contributed by atoms with E-state index >= 15 is 0 Å². The first-order valence-corrected chi connectivity index (χ1v) is 6.83. The molecular formula is C16H21N3O2. The number of nitrogens with one attached hydrogen (secondary N) is 1. The van der Waals surface area contributed by atoms with Crippen molar-refractivity contribution in [2.24, 2.45) is 0 Å². The van der Waals surface area contributed by atoms with Crippen LogP contribution in [0.4, 0.5) is 5.69 Å². The van der Waals surface area contributed by atoms with Crippen LogP contribution in [0, 0.1) is 11.3 Å². The minimum Gasteiger partial charge on any atom is -0.395 e. The highest BCUT2D eigenvalue weighted by Gasteiger charge is 2.13. The zero-order chi connectivity index (χ0) is 15.8. The number of hydrogen-bond donors (Lipinski definition) is 2. The van der Waals surface area contributed by atoms with E-state index in [9.17, 15) is 4.79 Å². The van der Waals surface area contributed by atoms with E-state index in [4.69, 9.17) is 10.4 Å². The molecule has 112 valence electrons. The highest BCUT2D eigenvalue weighted by molar-refractivity contribution is 6.06. The van der Waals surface area contributed by atoms with Gasteiger partial charge in [0.15, 0.2) is 0 Å². The van der Waals surface area contributed by atoms with Crippen LogP contribution in [0.15, 0.2) is 36.0 Å². The van der Waals surface area contributed by atoms with Gasteiger partial charge < -0.3 is 15.3 Å². The van der Waals surface area contributed by atoms with Gasteiger partial charge in [-0.1, -0.05) is 32.0 Å². The van der Waals surface area contributed by atoms with Crippen LogP contribution in [-0.2, 0) is 4.79 Å². The summed E-state index contributed by atoms with van der Waals surface area (Å²) in [5, 5.41) is 20.7. The van der Waals surface area contributed by atoms with E-state index in [1.54, 1.807) is 11.9 Å². The number of nitriles is 1. The van der Waals surface area contributed by atoms with Crippen molar-refractivity contribution < 1.29 is 9.90 Å². The lowest BCUT2D eigenvalue weighted by atomic mass is 10.0. The number of rotatable bonds is 6. The summed E-state index contributed by atoms with van der Waals surface area (Å²) in [4.78, 5) is 13.8. The number of amides is 1. The minimum atomic E-state index is -0.449. The molecule has 1 amide bonds. The van der Waals surface area contributed by atoms with E-state index in [-0.39, 0.29) is 18.1 Å². The third-order valence-electron chi connectivity index (χ3n) is 3.00. The Bertz CT molecular complexity index is 559. The Morgan fingerprint density at radius 1 is 1.48 bits per heavy atom. The van der Waals surface area contributed by atoms with Gasteiger partial charge in [-0.15, -0.1) is 0 Å². The summed E-state index contributed by atoms with van der Waals surface area (Å²) in [5.74, 6) is -0.177. The third-order valence-corrected chi connectivity index (χ3v) is 3.00. The summed E-state index contributed by atoms with van der Waals surface area (Å²) < 4.78 is 0. The number of carbonyl (C=O) groups excluding carboxylic acids is 1. The van der Waals surface area contributed by atoms with Crippen molar-refractivity contribution in [2.75, 3.05) is 25.5 Å². The maximum absolute atomic E-state index is 12.2. The molecule has 1 aromatic rings. The standard InChI is InChI=1S/C16H21N3O2/c1-12(2)14-6-4-5-7-15(14)18-16(21)13(10-17)11-19(3)8-9-20/h4-7,11-12,20H,8-9H2,1-3H3,(H,18,21)/b13-11-. The van der Waals surface area contributed by atoms with E-state index < -0.39 is 5.91 Å². The SMILES string of the molecule is CC(C)c1ccccc1NC(=O)/C(C#N)=C\N(C)CCO. The normalized spacial score (nSPS) is 11.1. The predicted molar refractivity (Wildman–Crippen MR) is 82.6 cm³/mol. The third kappa shape index (κ3) is 4.93. The number of para-hydroxylation sites is 1. The van der Waals surface area contributed by atoms with E-state index in [1.807, 2.05) is 44.2 Å². The molecule has 5 heteroatoms. The molecule has 0 aliphatic carbocycles. The fourth-order valence-electron chi connectivity index (χ4n) is 1.88. The molecule has 0 bridgehead atoms. The molecule has 0 saturated carbocycles. The molecule has 0 aromatic heterocycles. The molecule has 0 saturated heterocycles. The van der Waals surface area contributed by atoms with Crippen LogP contribution >= 0.6 is 0 Å². The van der Waals surface area contributed by atoms with Crippen LogP contribution in [0.5, 0.6) is 0 Å². The molecule has 0 aliphatic heterocycles. The smallest absolute Gasteiger partial charge is 0.267 e. The van der Waals surface area contributed by atoms with E-state index in [1.165, 1.54) is 6.20 Å². The van der Waals surface area contributed by atoms with Crippen molar-refractivity contribution in [2.45, 2.75) is 19.8 Å². The second-order valence-electron chi connectivity index (χ2n) is 5.05. The largest absolute Gasteiger partial charge is 0.395 e. The van der Waals surface area contributed by atoms with Gasteiger partial charge in [-0.25, -0.2) is 0 Å². The van der Waals surface area contributed by atoms with E-state index in [0.29, 0.717) is 12.2 Å². The second kappa shape index (κ2) is 8.08. The summed E-state index contributed by atoms with van der Waals surface area (Å²) >= 11 is 0. The first-order chi connectivity index (χ1) is 9.99. The van der Waals surface area contributed by atoms with Crippen molar-refractivity contribution in [3.63, 3.8) is 0 Å². The van der Waals surface area contributed by atoms with E-state index in [2.05, 4.69) is 5.32 Å². The summed E-state index contributed by atoms with van der Waals surface area (Å²) in [6.07, 6.45) is 1.43. The first-order valence-electron chi connectivity index (χ1n) is 6.83. The van der Waals surface area contributed by atoms with Crippen LogP contribution in [0.1, 0.15) is 25.3 Å². The average Bonchev–Trinajstić information content (AvgIpc) is 2.45. The molecule has 5 nitrogen and oxygen atoms in total. The number of benzene rings is 1. The number of aliphatic hydroxyl groups is 1. The molecule has 0 atom stereocenters. The molecular weight excluding hydrogens is 266 g/mol. The van der Waals surface area contributed by atoms with Crippen LogP contribution in [0.2, 0.25) is 0 Å². The van der Waals surface area contributed by atoms with Gasteiger partial charge in [0.2, 0.25) is 0 Å². The monoisotopic (exact) mass is 287 g/mol. The van der Waals surface area contributed by atoms with Gasteiger partial charge in [-0.2, -0.15) is 5.26 Å². The van der Waals surface area contributed by atoms with Gasteiger partial charge in [0.1, 0.15) is 11.6 Å². The molecule has 2 N–H and O–H groups in total. The average molecular weight is 287 g/mol. The maximum atomic E-state index is 12.2. The van der Waals surface area contributed by atoms with E-state index in [0.717, 1.165) is 5.56 Å². The Labute approximate surface area is 125 Å². The Morgan fingerprint density at radius 2 is 2.14 bits per heavy atom. The second-order valence-corrected chi connectivity index (χ2v) is 5.05. The highest BCUT2D eigenvalue weighted by atomic mass is 16.3. The van der Waals surface area contributed by atoms with Crippen molar-refractivity contribution in [1.82, 2.24) is 4.90 Å². The fraction of sp³-hybridized carbons (Fsp3) is 0.375. The lowest BCUT2D eigenvalue weighted by Gasteiger charge is -2.15. The molecule has 0 fully saturated rings. The first kappa shape index (κ1) is 16.7. The number of aliphatic hydroxyl groups excluding tert-OH is 1. The number of anilines is 1. The van der Waals surface area contributed by atoms with Gasteiger partial charge in [0, 0.05) is 25.5 Å². The van der Waals surface area contributed by atoms with Gasteiger partial charge in [-0.3, -0.25) is 4.79 Å². The van der Waals surface area contributed by atoms with Crippen molar-refractivity contribution in [1.29, 1.82) is 5.26 Å². The quantitative estimate of drug-likeness (QED) is 0.620. The minimum absolute atomic E-state index is 0.00418. The number of nitrogens with zero attached hydrogens (tertiary/aromatic N) is 2. The fourth-order valence-corrected chi connectivity index (χ4v) is 1.88. The molecule has 0 radical (unpaired) electrons. The zero-order valence-corrected chi connectivity index (χ0v) is 12.6. The maximum Gasteiger partial charge on any atom is 0.267 e. The molecule has 1 rings (SSSR count). The molecule has 21 heavy (non-hydrogen) atoms. The number of likely N-dealkylation sites (N-methyl/N-ethyl adjacent to an activating group) is 1. The summed E-state index contributed by atoms with van der Waals surface area (Å²) in [5.41, 5.74) is 1.74. The predicted octanol–water partition coefficient (Wildman–Crippen LogP) is 2.08. The number of carbonyl (C=O) groups is 1. The molecule has 1 aromatic carbocycles. The Morgan fingerprint density at radius 3 is 2.71 bits per heavy atom. The van der Waals surface area contributed by atoms with Crippen LogP contribution < -0.4 is 5.32 Å². The molecule has 0 heterocycles. The topological polar surface area (TPSA) is 76.4 Å². The van der Waals surface area contributed by atoms with Crippen molar-refractivity contribution >= 4 is 11.6 Å². The lowest BCUT2D eigenvalue weighted by molar-refractivity contribution is -0.112. The van der Waals surface area contributed by atoms with Crippen molar-refractivity contribution in [3.05, 3.63) is 41.6 Å². The van der Waals surface area contributed by atoms with Gasteiger partial charge in [0.25, 0.3) is 5.91 Å². The molecule has 0 aliphatic rings. The van der Waals surface area contributed by atoms with Crippen LogP contribution in [0.25, 0.3) is 0 Å². The van der Waals surface area contributed by atoms with Crippen LogP contribution in [0.3, 0.4) is 0 Å². The van der Waals surface area contributed by atoms with Gasteiger partial charge >= 0.3 is 0 Å². The van der Waals surface area contributed by atoms with Crippen molar-refractivity contribution in [3.8, 4) is 6.07 Å². The zero-order valence-electron chi connectivity index (χ0n) is 12.6. The summed E-state index contributed by atoms with van der Waals surface area (Å²) in [6.45, 7) is 4.41. The van der Waals surface area contributed by atoms with Gasteiger partial charge in [-0.05, 0) is 17.5 Å².